The number of hydrogen-bond acceptors (Lipinski definition) is 1. The highest BCUT2D eigenvalue weighted by Gasteiger charge is 2.13. The molecule has 1 heteroatoms. The summed E-state index contributed by atoms with van der Waals surface area (Å²) in [6.07, 6.45) is 1.94. The first-order valence-electron chi connectivity index (χ1n) is 9.57. The van der Waals surface area contributed by atoms with Crippen LogP contribution in [0.25, 0.3) is 54.3 Å². The van der Waals surface area contributed by atoms with E-state index in [0.717, 1.165) is 5.69 Å². The number of nitrogens with zero attached hydrogens (tertiary/aromatic N) is 1. The molecule has 0 saturated carbocycles. The van der Waals surface area contributed by atoms with Gasteiger partial charge >= 0.3 is 0 Å². The SMILES string of the molecule is c1ccc2c(c1)cc(-c1nccc3c1ccc1ccccc13)c1ccccc12. The Balaban J connectivity index is 1.78. The summed E-state index contributed by atoms with van der Waals surface area (Å²) in [5, 5.41) is 10.0. The molecule has 0 unspecified atom stereocenters. The number of rotatable bonds is 1. The van der Waals surface area contributed by atoms with Crippen LogP contribution in [-0.2, 0) is 0 Å². The molecule has 0 saturated heterocycles. The molecule has 0 radical (unpaired) electrons. The standard InChI is InChI=1S/C27H17N/c1-3-9-20-18(7-1)13-14-25-24(20)15-16-28-27(25)26-17-19-8-2-4-10-21(19)22-11-5-6-12-23(22)26/h1-17H. The molecule has 6 aromatic rings. The van der Waals surface area contributed by atoms with E-state index in [9.17, 15) is 0 Å². The summed E-state index contributed by atoms with van der Waals surface area (Å²) in [7, 11) is 0. The number of benzene rings is 5. The second-order valence-electron chi connectivity index (χ2n) is 7.23. The third kappa shape index (κ3) is 2.17. The van der Waals surface area contributed by atoms with Crippen molar-refractivity contribution in [1.29, 1.82) is 0 Å². The van der Waals surface area contributed by atoms with Crippen LogP contribution in [0.15, 0.2) is 103 Å². The summed E-state index contributed by atoms with van der Waals surface area (Å²) in [6.45, 7) is 0. The van der Waals surface area contributed by atoms with Crippen LogP contribution in [0.5, 0.6) is 0 Å². The molecule has 0 atom stereocenters. The van der Waals surface area contributed by atoms with Crippen LogP contribution < -0.4 is 0 Å². The molecule has 130 valence electrons. The van der Waals surface area contributed by atoms with E-state index in [-0.39, 0.29) is 0 Å². The molecular weight excluding hydrogens is 338 g/mol. The molecule has 0 fully saturated rings. The van der Waals surface area contributed by atoms with Crippen LogP contribution >= 0.6 is 0 Å². The molecule has 5 aromatic carbocycles. The number of hydrogen-bond donors (Lipinski definition) is 0. The van der Waals surface area contributed by atoms with Gasteiger partial charge in [0.2, 0.25) is 0 Å². The molecule has 0 spiro atoms. The van der Waals surface area contributed by atoms with Crippen LogP contribution in [0.1, 0.15) is 0 Å². The topological polar surface area (TPSA) is 12.9 Å². The molecule has 0 aliphatic carbocycles. The molecular formula is C27H17N. The lowest BCUT2D eigenvalue weighted by molar-refractivity contribution is 1.37. The first-order chi connectivity index (χ1) is 13.9. The molecule has 0 amide bonds. The van der Waals surface area contributed by atoms with Crippen molar-refractivity contribution in [2.75, 3.05) is 0 Å². The quantitative estimate of drug-likeness (QED) is 0.281. The van der Waals surface area contributed by atoms with Gasteiger partial charge in [-0.05, 0) is 49.8 Å². The summed E-state index contributed by atoms with van der Waals surface area (Å²) in [4.78, 5) is 4.84. The zero-order chi connectivity index (χ0) is 18.5. The Morgan fingerprint density at radius 3 is 1.86 bits per heavy atom. The number of aromatic nitrogens is 1. The van der Waals surface area contributed by atoms with Gasteiger partial charge in [0.05, 0.1) is 5.69 Å². The van der Waals surface area contributed by atoms with E-state index in [0.29, 0.717) is 0 Å². The molecule has 0 aliphatic heterocycles. The lowest BCUT2D eigenvalue weighted by atomic mass is 9.92. The number of pyridine rings is 1. The smallest absolute Gasteiger partial charge is 0.0786 e. The van der Waals surface area contributed by atoms with Crippen molar-refractivity contribution in [2.24, 2.45) is 0 Å². The Hall–Kier alpha value is -3.71. The Kier molecular flexibility index (Phi) is 3.24. The van der Waals surface area contributed by atoms with Crippen molar-refractivity contribution >= 4 is 43.1 Å². The summed E-state index contributed by atoms with van der Waals surface area (Å²) in [5.74, 6) is 0. The molecule has 0 bridgehead atoms. The van der Waals surface area contributed by atoms with E-state index in [2.05, 4.69) is 97.1 Å². The monoisotopic (exact) mass is 355 g/mol. The van der Waals surface area contributed by atoms with Gasteiger partial charge in [0.25, 0.3) is 0 Å². The second kappa shape index (κ2) is 5.90. The Labute approximate surface area is 162 Å². The van der Waals surface area contributed by atoms with Crippen molar-refractivity contribution in [1.82, 2.24) is 4.98 Å². The van der Waals surface area contributed by atoms with E-state index in [1.807, 2.05) is 6.20 Å². The van der Waals surface area contributed by atoms with Gasteiger partial charge in [-0.15, -0.1) is 0 Å². The molecule has 28 heavy (non-hydrogen) atoms. The van der Waals surface area contributed by atoms with Crippen molar-refractivity contribution in [3.63, 3.8) is 0 Å². The molecule has 1 heterocycles. The lowest BCUT2D eigenvalue weighted by Crippen LogP contribution is -1.90. The average Bonchev–Trinajstić information content (AvgIpc) is 2.78. The largest absolute Gasteiger partial charge is 0.256 e. The van der Waals surface area contributed by atoms with Gasteiger partial charge in [-0.25, -0.2) is 0 Å². The molecule has 0 aliphatic rings. The Morgan fingerprint density at radius 2 is 1.04 bits per heavy atom. The van der Waals surface area contributed by atoms with Gasteiger partial charge in [-0.2, -0.15) is 0 Å². The zero-order valence-electron chi connectivity index (χ0n) is 15.3. The summed E-state index contributed by atoms with van der Waals surface area (Å²) in [6, 6.07) is 34.6. The minimum atomic E-state index is 1.05. The maximum atomic E-state index is 4.84. The van der Waals surface area contributed by atoms with Gasteiger partial charge in [-0.3, -0.25) is 4.98 Å². The van der Waals surface area contributed by atoms with Gasteiger partial charge in [-0.1, -0.05) is 84.9 Å². The van der Waals surface area contributed by atoms with Gasteiger partial charge in [0, 0.05) is 17.1 Å². The van der Waals surface area contributed by atoms with Gasteiger partial charge in [0.15, 0.2) is 0 Å². The van der Waals surface area contributed by atoms with Crippen LogP contribution in [-0.4, -0.2) is 4.98 Å². The van der Waals surface area contributed by atoms with Crippen LogP contribution in [0.4, 0.5) is 0 Å². The van der Waals surface area contributed by atoms with E-state index < -0.39 is 0 Å². The third-order valence-corrected chi connectivity index (χ3v) is 5.69. The predicted molar refractivity (Wildman–Crippen MR) is 120 cm³/mol. The maximum absolute atomic E-state index is 4.84. The fourth-order valence-corrected chi connectivity index (χ4v) is 4.40. The average molecular weight is 355 g/mol. The Bertz CT molecular complexity index is 1510. The lowest BCUT2D eigenvalue weighted by Gasteiger charge is -2.13. The molecule has 1 aromatic heterocycles. The van der Waals surface area contributed by atoms with Crippen molar-refractivity contribution < 1.29 is 0 Å². The minimum absolute atomic E-state index is 1.05. The van der Waals surface area contributed by atoms with Gasteiger partial charge < -0.3 is 0 Å². The third-order valence-electron chi connectivity index (χ3n) is 5.69. The number of fused-ring (bicyclic) bond motifs is 6. The fraction of sp³-hybridized carbons (Fsp3) is 0. The highest BCUT2D eigenvalue weighted by atomic mass is 14.7. The summed E-state index contributed by atoms with van der Waals surface area (Å²) < 4.78 is 0. The predicted octanol–water partition coefficient (Wildman–Crippen LogP) is 7.36. The van der Waals surface area contributed by atoms with E-state index in [1.165, 1.54) is 48.7 Å². The maximum Gasteiger partial charge on any atom is 0.0786 e. The zero-order valence-corrected chi connectivity index (χ0v) is 15.3. The van der Waals surface area contributed by atoms with Gasteiger partial charge in [0.1, 0.15) is 0 Å². The first-order valence-corrected chi connectivity index (χ1v) is 9.57. The van der Waals surface area contributed by atoms with E-state index >= 15 is 0 Å². The van der Waals surface area contributed by atoms with Crippen molar-refractivity contribution in [3.8, 4) is 11.3 Å². The fourth-order valence-electron chi connectivity index (χ4n) is 4.40. The first kappa shape index (κ1) is 15.4. The van der Waals surface area contributed by atoms with Crippen molar-refractivity contribution in [3.05, 3.63) is 103 Å². The molecule has 0 N–H and O–H groups in total. The summed E-state index contributed by atoms with van der Waals surface area (Å²) >= 11 is 0. The van der Waals surface area contributed by atoms with E-state index in [1.54, 1.807) is 0 Å². The van der Waals surface area contributed by atoms with E-state index in [4.69, 9.17) is 4.98 Å². The summed E-state index contributed by atoms with van der Waals surface area (Å²) in [5.41, 5.74) is 2.24. The highest BCUT2D eigenvalue weighted by molar-refractivity contribution is 6.17. The van der Waals surface area contributed by atoms with Crippen molar-refractivity contribution in [2.45, 2.75) is 0 Å². The van der Waals surface area contributed by atoms with Crippen LogP contribution in [0, 0.1) is 0 Å². The minimum Gasteiger partial charge on any atom is -0.256 e. The second-order valence-corrected chi connectivity index (χ2v) is 7.23. The van der Waals surface area contributed by atoms with Crippen LogP contribution in [0.3, 0.4) is 0 Å². The Morgan fingerprint density at radius 1 is 0.429 bits per heavy atom. The van der Waals surface area contributed by atoms with Crippen LogP contribution in [0.2, 0.25) is 0 Å². The normalized spacial score (nSPS) is 11.6. The molecule has 6 rings (SSSR count). The highest BCUT2D eigenvalue weighted by Crippen LogP contribution is 2.38. The molecule has 1 nitrogen and oxygen atoms in total.